The fourth-order valence-corrected chi connectivity index (χ4v) is 1.93. The molecule has 0 radical (unpaired) electrons. The van der Waals surface area contributed by atoms with Gasteiger partial charge in [-0.25, -0.2) is 9.48 Å². The van der Waals surface area contributed by atoms with E-state index in [9.17, 15) is 4.79 Å². The maximum Gasteiger partial charge on any atom is 0.319 e. The number of aliphatic hydroxyl groups is 1. The van der Waals surface area contributed by atoms with Crippen molar-refractivity contribution in [3.8, 4) is 5.69 Å². The number of amides is 2. The lowest BCUT2D eigenvalue weighted by Crippen LogP contribution is -2.36. The summed E-state index contributed by atoms with van der Waals surface area (Å²) in [5.41, 5.74) is 1.49. The van der Waals surface area contributed by atoms with Gasteiger partial charge in [0.05, 0.1) is 18.1 Å². The van der Waals surface area contributed by atoms with Crippen LogP contribution in [0.4, 0.5) is 10.5 Å². The summed E-state index contributed by atoms with van der Waals surface area (Å²) < 4.78 is 1.62. The fourth-order valence-electron chi connectivity index (χ4n) is 1.93. The Bertz CT molecular complexity index is 571. The second-order valence-corrected chi connectivity index (χ2v) is 4.76. The Morgan fingerprint density at radius 3 is 3.05 bits per heavy atom. The van der Waals surface area contributed by atoms with Crippen LogP contribution in [0.1, 0.15) is 19.8 Å². The summed E-state index contributed by atoms with van der Waals surface area (Å²) in [6.07, 6.45) is 4.73. The zero-order chi connectivity index (χ0) is 15.1. The number of nitrogens with one attached hydrogen (secondary N) is 2. The monoisotopic (exact) mass is 289 g/mol. The molecule has 1 atom stereocenters. The number of hydrogen-bond donors (Lipinski definition) is 3. The van der Waals surface area contributed by atoms with Crippen molar-refractivity contribution >= 4 is 11.7 Å². The summed E-state index contributed by atoms with van der Waals surface area (Å²) in [5, 5.41) is 22.0. The second-order valence-electron chi connectivity index (χ2n) is 4.76. The number of anilines is 1. The lowest BCUT2D eigenvalue weighted by atomic mass is 10.2. The molecule has 7 nitrogen and oxygen atoms in total. The van der Waals surface area contributed by atoms with E-state index in [2.05, 4.69) is 20.9 Å². The standard InChI is InChI=1S/C14H19N5O2/c1-11(4-3-9-20)16-14(21)17-12-5-2-6-13(10-12)19-8-7-15-18-19/h2,5-8,10-11,20H,3-4,9H2,1H3,(H2,16,17,21). The third kappa shape index (κ3) is 4.57. The molecule has 0 aliphatic carbocycles. The van der Waals surface area contributed by atoms with Crippen molar-refractivity contribution in [3.05, 3.63) is 36.7 Å². The molecule has 0 fully saturated rings. The van der Waals surface area contributed by atoms with Gasteiger partial charge in [0.1, 0.15) is 0 Å². The van der Waals surface area contributed by atoms with Gasteiger partial charge in [0.25, 0.3) is 0 Å². The predicted octanol–water partition coefficient (Wildman–Crippen LogP) is 1.55. The number of carbonyl (C=O) groups is 1. The fraction of sp³-hybridized carbons (Fsp3) is 0.357. The number of rotatable bonds is 6. The van der Waals surface area contributed by atoms with Gasteiger partial charge in [-0.2, -0.15) is 0 Å². The molecule has 0 saturated carbocycles. The topological polar surface area (TPSA) is 92.1 Å². The number of nitrogens with zero attached hydrogens (tertiary/aromatic N) is 3. The summed E-state index contributed by atoms with van der Waals surface area (Å²) in [5.74, 6) is 0. The van der Waals surface area contributed by atoms with Crippen molar-refractivity contribution in [2.24, 2.45) is 0 Å². The Balaban J connectivity index is 1.93. The normalized spacial score (nSPS) is 11.9. The van der Waals surface area contributed by atoms with Crippen LogP contribution in [0, 0.1) is 0 Å². The number of aliphatic hydroxyl groups excluding tert-OH is 1. The van der Waals surface area contributed by atoms with Crippen molar-refractivity contribution in [3.63, 3.8) is 0 Å². The summed E-state index contributed by atoms with van der Waals surface area (Å²) in [7, 11) is 0. The van der Waals surface area contributed by atoms with Crippen molar-refractivity contribution in [1.29, 1.82) is 0 Å². The van der Waals surface area contributed by atoms with E-state index in [4.69, 9.17) is 5.11 Å². The number of hydrogen-bond acceptors (Lipinski definition) is 4. The van der Waals surface area contributed by atoms with E-state index in [1.54, 1.807) is 23.1 Å². The summed E-state index contributed by atoms with van der Waals surface area (Å²) in [6.45, 7) is 2.04. The molecule has 2 rings (SSSR count). The highest BCUT2D eigenvalue weighted by Gasteiger charge is 2.07. The molecule has 1 heterocycles. The Morgan fingerprint density at radius 1 is 1.48 bits per heavy atom. The first-order chi connectivity index (χ1) is 10.2. The first-order valence-corrected chi connectivity index (χ1v) is 6.84. The molecule has 0 aliphatic rings. The van der Waals surface area contributed by atoms with Gasteiger partial charge in [0.15, 0.2) is 0 Å². The third-order valence-electron chi connectivity index (χ3n) is 2.96. The van der Waals surface area contributed by atoms with Crippen molar-refractivity contribution in [1.82, 2.24) is 20.3 Å². The van der Waals surface area contributed by atoms with Crippen molar-refractivity contribution in [2.45, 2.75) is 25.8 Å². The Hall–Kier alpha value is -2.41. The summed E-state index contributed by atoms with van der Waals surface area (Å²) in [6, 6.07) is 7.07. The molecular weight excluding hydrogens is 270 g/mol. The average molecular weight is 289 g/mol. The molecule has 1 aromatic heterocycles. The molecule has 1 aromatic carbocycles. The molecular formula is C14H19N5O2. The Kier molecular flexibility index (Phi) is 5.28. The summed E-state index contributed by atoms with van der Waals surface area (Å²) >= 11 is 0. The molecule has 3 N–H and O–H groups in total. The molecule has 2 aromatic rings. The van der Waals surface area contributed by atoms with Gasteiger partial charge in [-0.15, -0.1) is 5.10 Å². The van der Waals surface area contributed by atoms with E-state index in [0.29, 0.717) is 12.1 Å². The van der Waals surface area contributed by atoms with E-state index in [1.165, 1.54) is 0 Å². The lowest BCUT2D eigenvalue weighted by molar-refractivity contribution is 0.245. The van der Waals surface area contributed by atoms with Crippen molar-refractivity contribution in [2.75, 3.05) is 11.9 Å². The van der Waals surface area contributed by atoms with E-state index < -0.39 is 0 Å². The SMILES string of the molecule is CC(CCCO)NC(=O)Nc1cccc(-n2ccnn2)c1. The minimum absolute atomic E-state index is 0.00986. The highest BCUT2D eigenvalue weighted by Crippen LogP contribution is 2.13. The van der Waals surface area contributed by atoms with Crippen LogP contribution in [-0.4, -0.2) is 38.8 Å². The lowest BCUT2D eigenvalue weighted by Gasteiger charge is -2.14. The number of carbonyl (C=O) groups excluding carboxylic acids is 1. The smallest absolute Gasteiger partial charge is 0.319 e. The highest BCUT2D eigenvalue weighted by atomic mass is 16.3. The molecule has 2 amide bonds. The van der Waals surface area contributed by atoms with Crippen LogP contribution in [0.15, 0.2) is 36.7 Å². The van der Waals surface area contributed by atoms with Gasteiger partial charge in [-0.3, -0.25) is 0 Å². The second kappa shape index (κ2) is 7.39. The zero-order valence-electron chi connectivity index (χ0n) is 11.9. The molecule has 0 bridgehead atoms. The van der Waals surface area contributed by atoms with E-state index in [1.807, 2.05) is 25.1 Å². The van der Waals surface area contributed by atoms with E-state index >= 15 is 0 Å². The van der Waals surface area contributed by atoms with Crippen LogP contribution in [0.3, 0.4) is 0 Å². The van der Waals surface area contributed by atoms with Gasteiger partial charge in [0.2, 0.25) is 0 Å². The summed E-state index contributed by atoms with van der Waals surface area (Å²) in [4.78, 5) is 11.9. The van der Waals surface area contributed by atoms with Crippen LogP contribution in [0.2, 0.25) is 0 Å². The van der Waals surface area contributed by atoms with Crippen LogP contribution >= 0.6 is 0 Å². The molecule has 0 aliphatic heterocycles. The van der Waals surface area contributed by atoms with Gasteiger partial charge in [-0.1, -0.05) is 11.3 Å². The van der Waals surface area contributed by atoms with Gasteiger partial charge >= 0.3 is 6.03 Å². The minimum atomic E-state index is -0.267. The van der Waals surface area contributed by atoms with Crippen LogP contribution in [0.25, 0.3) is 5.69 Å². The predicted molar refractivity (Wildman–Crippen MR) is 79.3 cm³/mol. The maximum absolute atomic E-state index is 11.9. The van der Waals surface area contributed by atoms with Gasteiger partial charge in [0, 0.05) is 18.3 Å². The molecule has 112 valence electrons. The Labute approximate surface area is 123 Å². The quantitative estimate of drug-likeness (QED) is 0.752. The highest BCUT2D eigenvalue weighted by molar-refractivity contribution is 5.89. The molecule has 1 unspecified atom stereocenters. The van der Waals surface area contributed by atoms with Crippen LogP contribution in [-0.2, 0) is 0 Å². The Morgan fingerprint density at radius 2 is 2.33 bits per heavy atom. The maximum atomic E-state index is 11.9. The van der Waals surface area contributed by atoms with E-state index in [0.717, 1.165) is 12.1 Å². The van der Waals surface area contributed by atoms with Crippen LogP contribution in [0.5, 0.6) is 0 Å². The molecule has 21 heavy (non-hydrogen) atoms. The first-order valence-electron chi connectivity index (χ1n) is 6.84. The average Bonchev–Trinajstić information content (AvgIpc) is 2.99. The number of urea groups is 1. The zero-order valence-corrected chi connectivity index (χ0v) is 11.9. The third-order valence-corrected chi connectivity index (χ3v) is 2.96. The number of aromatic nitrogens is 3. The molecule has 0 saturated heterocycles. The number of benzene rings is 1. The first kappa shape index (κ1) is 15.0. The molecule has 0 spiro atoms. The van der Waals surface area contributed by atoms with Gasteiger partial charge < -0.3 is 15.7 Å². The minimum Gasteiger partial charge on any atom is -0.396 e. The van der Waals surface area contributed by atoms with E-state index in [-0.39, 0.29) is 18.7 Å². The molecule has 7 heteroatoms. The van der Waals surface area contributed by atoms with Gasteiger partial charge in [-0.05, 0) is 38.0 Å². The van der Waals surface area contributed by atoms with Crippen molar-refractivity contribution < 1.29 is 9.90 Å². The van der Waals surface area contributed by atoms with Crippen LogP contribution < -0.4 is 10.6 Å². The largest absolute Gasteiger partial charge is 0.396 e.